The van der Waals surface area contributed by atoms with Crippen LogP contribution in [0.2, 0.25) is 0 Å². The van der Waals surface area contributed by atoms with Gasteiger partial charge in [-0.1, -0.05) is 0 Å². The smallest absolute Gasteiger partial charge is 0.321 e. The third kappa shape index (κ3) is 3.92. The Morgan fingerprint density at radius 1 is 1.53 bits per heavy atom. The Morgan fingerprint density at radius 2 is 2.24 bits per heavy atom. The molecule has 2 N–H and O–H groups in total. The topological polar surface area (TPSA) is 74.6 Å². The molecule has 6 nitrogen and oxygen atoms in total. The van der Waals surface area contributed by atoms with Crippen LogP contribution in [-0.4, -0.2) is 37.0 Å². The minimum atomic E-state index is -0.506. The number of carbonyl (C=O) groups is 2. The Hall–Kier alpha value is -1.82. The second-order valence-electron chi connectivity index (χ2n) is 3.74. The molecule has 6 heteroatoms. The molecule has 0 aliphatic rings. The molecule has 0 aliphatic heterocycles. The van der Waals surface area contributed by atoms with E-state index in [1.807, 2.05) is 6.07 Å². The summed E-state index contributed by atoms with van der Waals surface area (Å²) < 4.78 is 5.18. The fourth-order valence-corrected chi connectivity index (χ4v) is 1.26. The van der Waals surface area contributed by atoms with E-state index in [0.717, 1.165) is 5.76 Å². The highest BCUT2D eigenvalue weighted by molar-refractivity contribution is 5.96. The molecule has 1 heterocycles. The van der Waals surface area contributed by atoms with Crippen molar-refractivity contribution in [3.63, 3.8) is 0 Å². The van der Waals surface area contributed by atoms with Gasteiger partial charge < -0.3 is 9.73 Å². The molecule has 1 unspecified atom stereocenters. The molecule has 1 aromatic heterocycles. The number of nitrogens with zero attached hydrogens (tertiary/aromatic N) is 1. The predicted molar refractivity (Wildman–Crippen MR) is 62.2 cm³/mol. The van der Waals surface area contributed by atoms with Crippen LogP contribution in [0.5, 0.6) is 0 Å². The quantitative estimate of drug-likeness (QED) is 0.805. The average molecular weight is 239 g/mol. The molecule has 0 spiro atoms. The zero-order valence-corrected chi connectivity index (χ0v) is 10.2. The zero-order valence-electron chi connectivity index (χ0n) is 10.2. The predicted octanol–water partition coefficient (Wildman–Crippen LogP) is 0.556. The van der Waals surface area contributed by atoms with Crippen LogP contribution < -0.4 is 10.6 Å². The second kappa shape index (κ2) is 6.05. The molecule has 0 aliphatic carbocycles. The monoisotopic (exact) mass is 239 g/mol. The van der Waals surface area contributed by atoms with Gasteiger partial charge in [-0.05, 0) is 26.1 Å². The molecule has 1 rings (SSSR count). The SMILES string of the molecule is CNC(=O)NC(=O)C(C)N(C)Cc1ccco1. The summed E-state index contributed by atoms with van der Waals surface area (Å²) >= 11 is 0. The van der Waals surface area contributed by atoms with Crippen LogP contribution in [0.15, 0.2) is 22.8 Å². The van der Waals surface area contributed by atoms with Gasteiger partial charge in [-0.15, -0.1) is 0 Å². The van der Waals surface area contributed by atoms with E-state index in [-0.39, 0.29) is 5.91 Å². The van der Waals surface area contributed by atoms with E-state index < -0.39 is 12.1 Å². The largest absolute Gasteiger partial charge is 0.468 e. The lowest BCUT2D eigenvalue weighted by molar-refractivity contribution is -0.124. The molecule has 0 saturated carbocycles. The van der Waals surface area contributed by atoms with Gasteiger partial charge in [0.2, 0.25) is 5.91 Å². The number of hydrogen-bond acceptors (Lipinski definition) is 4. The normalized spacial score (nSPS) is 12.2. The lowest BCUT2D eigenvalue weighted by Gasteiger charge is -2.22. The van der Waals surface area contributed by atoms with Crippen molar-refractivity contribution in [3.05, 3.63) is 24.2 Å². The Morgan fingerprint density at radius 3 is 2.76 bits per heavy atom. The third-order valence-corrected chi connectivity index (χ3v) is 2.49. The van der Waals surface area contributed by atoms with Crippen molar-refractivity contribution in [3.8, 4) is 0 Å². The van der Waals surface area contributed by atoms with Gasteiger partial charge in [0.1, 0.15) is 5.76 Å². The Labute approximate surface area is 100.0 Å². The first kappa shape index (κ1) is 13.2. The molecule has 0 fully saturated rings. The second-order valence-corrected chi connectivity index (χ2v) is 3.74. The summed E-state index contributed by atoms with van der Waals surface area (Å²) in [5.74, 6) is 0.422. The van der Waals surface area contributed by atoms with Crippen LogP contribution >= 0.6 is 0 Å². The van der Waals surface area contributed by atoms with E-state index in [1.54, 1.807) is 31.2 Å². The highest BCUT2D eigenvalue weighted by atomic mass is 16.3. The molecule has 0 saturated heterocycles. The van der Waals surface area contributed by atoms with E-state index in [4.69, 9.17) is 4.42 Å². The van der Waals surface area contributed by atoms with Crippen LogP contribution in [0, 0.1) is 0 Å². The number of imide groups is 1. The number of amides is 3. The van der Waals surface area contributed by atoms with Crippen molar-refractivity contribution in [2.75, 3.05) is 14.1 Å². The van der Waals surface area contributed by atoms with Crippen LogP contribution in [0.4, 0.5) is 4.79 Å². The maximum atomic E-state index is 11.6. The van der Waals surface area contributed by atoms with Crippen LogP contribution in [0.25, 0.3) is 0 Å². The summed E-state index contributed by atoms with van der Waals surface area (Å²) in [5, 5.41) is 4.56. The molecule has 3 amide bonds. The van der Waals surface area contributed by atoms with Gasteiger partial charge in [0.15, 0.2) is 0 Å². The lowest BCUT2D eigenvalue weighted by atomic mass is 10.2. The fourth-order valence-electron chi connectivity index (χ4n) is 1.26. The van der Waals surface area contributed by atoms with Gasteiger partial charge in [-0.3, -0.25) is 15.0 Å². The van der Waals surface area contributed by atoms with Crippen molar-refractivity contribution in [2.24, 2.45) is 0 Å². The van der Waals surface area contributed by atoms with Gasteiger partial charge in [0.05, 0.1) is 18.8 Å². The van der Waals surface area contributed by atoms with Crippen molar-refractivity contribution in [1.82, 2.24) is 15.5 Å². The Bertz CT molecular complexity index is 375. The maximum absolute atomic E-state index is 11.6. The van der Waals surface area contributed by atoms with E-state index in [0.29, 0.717) is 6.54 Å². The molecular formula is C11H17N3O3. The third-order valence-electron chi connectivity index (χ3n) is 2.49. The van der Waals surface area contributed by atoms with E-state index in [9.17, 15) is 9.59 Å². The number of carbonyl (C=O) groups excluding carboxylic acids is 2. The van der Waals surface area contributed by atoms with Gasteiger partial charge in [-0.2, -0.15) is 0 Å². The summed E-state index contributed by atoms with van der Waals surface area (Å²) in [4.78, 5) is 24.4. The van der Waals surface area contributed by atoms with Gasteiger partial charge in [0.25, 0.3) is 0 Å². The van der Waals surface area contributed by atoms with Crippen molar-refractivity contribution >= 4 is 11.9 Å². The standard InChI is InChI=1S/C11H17N3O3/c1-8(10(15)13-11(16)12-2)14(3)7-9-5-4-6-17-9/h4-6,8H,7H2,1-3H3,(H2,12,13,15,16). The van der Waals surface area contributed by atoms with Crippen molar-refractivity contribution in [2.45, 2.75) is 19.5 Å². The van der Waals surface area contributed by atoms with Crippen molar-refractivity contribution < 1.29 is 14.0 Å². The van der Waals surface area contributed by atoms with E-state index in [1.165, 1.54) is 7.05 Å². The van der Waals surface area contributed by atoms with Crippen molar-refractivity contribution in [1.29, 1.82) is 0 Å². The summed E-state index contributed by atoms with van der Waals surface area (Å²) in [6.45, 7) is 2.23. The minimum Gasteiger partial charge on any atom is -0.468 e. The van der Waals surface area contributed by atoms with E-state index in [2.05, 4.69) is 10.6 Å². The molecule has 94 valence electrons. The molecule has 1 aromatic rings. The Balaban J connectivity index is 2.48. The van der Waals surface area contributed by atoms with Crippen LogP contribution in [0.3, 0.4) is 0 Å². The molecule has 17 heavy (non-hydrogen) atoms. The molecule has 0 radical (unpaired) electrons. The molecule has 0 aromatic carbocycles. The van der Waals surface area contributed by atoms with E-state index >= 15 is 0 Å². The maximum Gasteiger partial charge on any atom is 0.321 e. The zero-order chi connectivity index (χ0) is 12.8. The molecular weight excluding hydrogens is 222 g/mol. The average Bonchev–Trinajstić information content (AvgIpc) is 2.80. The summed E-state index contributed by atoms with van der Waals surface area (Å²) in [7, 11) is 3.25. The lowest BCUT2D eigenvalue weighted by Crippen LogP contribution is -2.47. The van der Waals surface area contributed by atoms with Crippen LogP contribution in [0.1, 0.15) is 12.7 Å². The molecule has 0 bridgehead atoms. The highest BCUT2D eigenvalue weighted by Crippen LogP contribution is 2.06. The molecule has 1 atom stereocenters. The number of urea groups is 1. The van der Waals surface area contributed by atoms with Gasteiger partial charge >= 0.3 is 6.03 Å². The first-order valence-corrected chi connectivity index (χ1v) is 5.29. The minimum absolute atomic E-state index is 0.349. The van der Waals surface area contributed by atoms with Gasteiger partial charge in [0, 0.05) is 7.05 Å². The van der Waals surface area contributed by atoms with Crippen LogP contribution in [-0.2, 0) is 11.3 Å². The number of nitrogens with one attached hydrogen (secondary N) is 2. The Kier molecular flexibility index (Phi) is 4.71. The highest BCUT2D eigenvalue weighted by Gasteiger charge is 2.20. The number of hydrogen-bond donors (Lipinski definition) is 2. The number of furan rings is 1. The first-order valence-electron chi connectivity index (χ1n) is 5.29. The summed E-state index contributed by atoms with van der Waals surface area (Å²) in [6, 6.07) is 2.70. The first-order chi connectivity index (χ1) is 8.04. The van der Waals surface area contributed by atoms with Gasteiger partial charge in [-0.25, -0.2) is 4.79 Å². The number of rotatable bonds is 4. The fraction of sp³-hybridized carbons (Fsp3) is 0.455. The number of likely N-dealkylation sites (N-methyl/N-ethyl adjacent to an activating group) is 1. The summed E-state index contributed by atoms with van der Waals surface area (Å²) in [5.41, 5.74) is 0. The summed E-state index contributed by atoms with van der Waals surface area (Å²) in [6.07, 6.45) is 1.58.